The first-order chi connectivity index (χ1) is 11.6. The van der Waals surface area contributed by atoms with Crippen LogP contribution < -0.4 is 20.1 Å². The van der Waals surface area contributed by atoms with Crippen LogP contribution in [-0.4, -0.2) is 48.9 Å². The van der Waals surface area contributed by atoms with Crippen molar-refractivity contribution in [2.24, 2.45) is 0 Å². The minimum atomic E-state index is -0.478. The van der Waals surface area contributed by atoms with Gasteiger partial charge >= 0.3 is 0 Å². The van der Waals surface area contributed by atoms with Crippen molar-refractivity contribution in [3.63, 3.8) is 0 Å². The van der Waals surface area contributed by atoms with Gasteiger partial charge in [-0.25, -0.2) is 4.98 Å². The molecule has 1 aromatic heterocycles. The summed E-state index contributed by atoms with van der Waals surface area (Å²) in [6.45, 7) is 0.433. The molecule has 0 bridgehead atoms. The highest BCUT2D eigenvalue weighted by atomic mass is 35.5. The first kappa shape index (κ1) is 19.5. The van der Waals surface area contributed by atoms with Gasteiger partial charge in [0, 0.05) is 17.5 Å². The summed E-state index contributed by atoms with van der Waals surface area (Å²) >= 11 is 1.34. The van der Waals surface area contributed by atoms with Gasteiger partial charge in [-0.3, -0.25) is 4.79 Å². The van der Waals surface area contributed by atoms with Gasteiger partial charge in [0.2, 0.25) is 5.91 Å². The lowest BCUT2D eigenvalue weighted by atomic mass is 10.1. The van der Waals surface area contributed by atoms with E-state index in [0.29, 0.717) is 35.3 Å². The monoisotopic (exact) mass is 385 g/mol. The number of hydrogen-bond acceptors (Lipinski definition) is 7. The van der Waals surface area contributed by atoms with E-state index in [4.69, 9.17) is 9.47 Å². The molecule has 3 N–H and O–H groups in total. The number of aliphatic hydroxyl groups excluding tert-OH is 1. The lowest BCUT2D eigenvalue weighted by molar-refractivity contribution is -0.117. The van der Waals surface area contributed by atoms with Crippen molar-refractivity contribution in [1.82, 2.24) is 10.3 Å². The molecule has 0 spiro atoms. The predicted molar refractivity (Wildman–Crippen MR) is 98.9 cm³/mol. The Balaban J connectivity index is 0.00000225. The average Bonchev–Trinajstić information content (AvgIpc) is 3.23. The second-order valence-electron chi connectivity index (χ2n) is 5.44. The highest BCUT2D eigenvalue weighted by Crippen LogP contribution is 2.35. The molecule has 136 valence electrons. The van der Waals surface area contributed by atoms with Gasteiger partial charge in [-0.1, -0.05) is 0 Å². The zero-order valence-electron chi connectivity index (χ0n) is 13.8. The summed E-state index contributed by atoms with van der Waals surface area (Å²) in [4.78, 5) is 16.6. The zero-order valence-corrected chi connectivity index (χ0v) is 15.4. The minimum Gasteiger partial charge on any atom is -0.497 e. The number of rotatable bonds is 5. The Labute approximate surface area is 155 Å². The normalized spacial score (nSPS) is 19.2. The highest BCUT2D eigenvalue weighted by molar-refractivity contribution is 7.14. The van der Waals surface area contributed by atoms with E-state index in [0.717, 1.165) is 5.56 Å². The fraction of sp³-hybridized carbons (Fsp3) is 0.375. The van der Waals surface area contributed by atoms with Gasteiger partial charge in [-0.2, -0.15) is 0 Å². The molecule has 1 fully saturated rings. The third kappa shape index (κ3) is 4.40. The molecule has 25 heavy (non-hydrogen) atoms. The number of aromatic nitrogens is 1. The van der Waals surface area contributed by atoms with Gasteiger partial charge < -0.3 is 25.2 Å². The van der Waals surface area contributed by atoms with Crippen LogP contribution in [-0.2, 0) is 4.79 Å². The minimum absolute atomic E-state index is 0. The Morgan fingerprint density at radius 2 is 2.20 bits per heavy atom. The molecule has 0 aliphatic carbocycles. The van der Waals surface area contributed by atoms with E-state index in [2.05, 4.69) is 15.6 Å². The molecule has 1 saturated heterocycles. The van der Waals surface area contributed by atoms with Crippen molar-refractivity contribution >= 4 is 34.8 Å². The summed E-state index contributed by atoms with van der Waals surface area (Å²) in [6.07, 6.45) is -0.0676. The van der Waals surface area contributed by atoms with E-state index in [1.807, 2.05) is 23.6 Å². The van der Waals surface area contributed by atoms with Crippen LogP contribution in [0.2, 0.25) is 0 Å². The van der Waals surface area contributed by atoms with Crippen LogP contribution in [0.1, 0.15) is 6.42 Å². The number of amides is 1. The van der Waals surface area contributed by atoms with Crippen LogP contribution in [0.5, 0.6) is 11.5 Å². The molecule has 2 heterocycles. The van der Waals surface area contributed by atoms with Crippen LogP contribution in [0.3, 0.4) is 0 Å². The van der Waals surface area contributed by atoms with Crippen molar-refractivity contribution in [3.8, 4) is 22.8 Å². The highest BCUT2D eigenvalue weighted by Gasteiger charge is 2.28. The summed E-state index contributed by atoms with van der Waals surface area (Å²) in [7, 11) is 3.19. The number of hydrogen-bond donors (Lipinski definition) is 3. The summed E-state index contributed by atoms with van der Waals surface area (Å²) in [5.41, 5.74) is 1.49. The Bertz CT molecular complexity index is 740. The number of ether oxygens (including phenoxy) is 2. The molecular formula is C16H20ClN3O4S. The van der Waals surface area contributed by atoms with Gasteiger partial charge in [0.05, 0.1) is 32.1 Å². The number of carbonyl (C=O) groups excluding carboxylic acids is 1. The number of carbonyl (C=O) groups is 1. The van der Waals surface area contributed by atoms with Crippen molar-refractivity contribution in [1.29, 1.82) is 0 Å². The molecule has 2 atom stereocenters. The fourth-order valence-electron chi connectivity index (χ4n) is 2.58. The Morgan fingerprint density at radius 1 is 1.40 bits per heavy atom. The predicted octanol–water partition coefficient (Wildman–Crippen LogP) is 1.91. The second-order valence-corrected chi connectivity index (χ2v) is 6.30. The molecule has 2 aromatic rings. The van der Waals surface area contributed by atoms with E-state index in [1.165, 1.54) is 11.3 Å². The van der Waals surface area contributed by atoms with Crippen molar-refractivity contribution in [2.45, 2.75) is 18.6 Å². The molecule has 7 nitrogen and oxygen atoms in total. The van der Waals surface area contributed by atoms with E-state index in [9.17, 15) is 9.90 Å². The van der Waals surface area contributed by atoms with Crippen molar-refractivity contribution < 1.29 is 19.4 Å². The van der Waals surface area contributed by atoms with Crippen LogP contribution >= 0.6 is 23.7 Å². The molecule has 0 saturated carbocycles. The maximum atomic E-state index is 12.2. The standard InChI is InChI=1S/C16H19N3O4S.ClH/c1-22-10-3-4-14(23-2)11(6-10)13-8-24-16(18-13)19-15(21)12-5-9(20)7-17-12;/h3-4,6,8-9,12,17,20H,5,7H2,1-2H3,(H,18,19,21);1H. The number of nitrogens with zero attached hydrogens (tertiary/aromatic N) is 1. The van der Waals surface area contributed by atoms with Crippen LogP contribution in [0.25, 0.3) is 11.3 Å². The Hall–Kier alpha value is -1.87. The van der Waals surface area contributed by atoms with Gasteiger partial charge in [0.15, 0.2) is 5.13 Å². The number of aliphatic hydroxyl groups is 1. The molecule has 1 aromatic carbocycles. The number of halogens is 1. The Kier molecular flexibility index (Phi) is 6.60. The van der Waals surface area contributed by atoms with Crippen LogP contribution in [0, 0.1) is 0 Å². The average molecular weight is 386 g/mol. The number of nitrogens with one attached hydrogen (secondary N) is 2. The third-order valence-electron chi connectivity index (χ3n) is 3.84. The van der Waals surface area contributed by atoms with E-state index in [1.54, 1.807) is 14.2 Å². The topological polar surface area (TPSA) is 92.7 Å². The van der Waals surface area contributed by atoms with Gasteiger partial charge in [-0.05, 0) is 24.6 Å². The maximum absolute atomic E-state index is 12.2. The number of methoxy groups -OCH3 is 2. The third-order valence-corrected chi connectivity index (χ3v) is 4.60. The van der Waals surface area contributed by atoms with E-state index in [-0.39, 0.29) is 18.3 Å². The zero-order chi connectivity index (χ0) is 17.1. The number of β-amino-alcohol motifs (C(OH)–C–C–N with tert-alkyl or cyclic N) is 1. The molecule has 1 amide bonds. The smallest absolute Gasteiger partial charge is 0.243 e. The number of thiazole rings is 1. The van der Waals surface area contributed by atoms with Gasteiger partial charge in [-0.15, -0.1) is 23.7 Å². The first-order valence-electron chi connectivity index (χ1n) is 7.51. The van der Waals surface area contributed by atoms with Crippen molar-refractivity contribution in [3.05, 3.63) is 23.6 Å². The van der Waals surface area contributed by atoms with Crippen LogP contribution in [0.4, 0.5) is 5.13 Å². The van der Waals surface area contributed by atoms with Crippen molar-refractivity contribution in [2.75, 3.05) is 26.1 Å². The fourth-order valence-corrected chi connectivity index (χ4v) is 3.29. The second kappa shape index (κ2) is 8.48. The largest absolute Gasteiger partial charge is 0.497 e. The molecule has 2 unspecified atom stereocenters. The van der Waals surface area contributed by atoms with Crippen LogP contribution in [0.15, 0.2) is 23.6 Å². The van der Waals surface area contributed by atoms with E-state index < -0.39 is 12.1 Å². The lowest BCUT2D eigenvalue weighted by Crippen LogP contribution is -2.35. The van der Waals surface area contributed by atoms with E-state index >= 15 is 0 Å². The molecule has 1 aliphatic heterocycles. The molecule has 0 radical (unpaired) electrons. The maximum Gasteiger partial charge on any atom is 0.243 e. The summed E-state index contributed by atoms with van der Waals surface area (Å²) in [5.74, 6) is 1.19. The summed E-state index contributed by atoms with van der Waals surface area (Å²) in [5, 5.41) is 17.6. The Morgan fingerprint density at radius 3 is 2.84 bits per heavy atom. The number of anilines is 1. The summed E-state index contributed by atoms with van der Waals surface area (Å²) in [6, 6.07) is 5.08. The SMILES string of the molecule is COc1ccc(OC)c(-c2csc(NC(=O)C3CC(O)CN3)n2)c1.Cl. The summed E-state index contributed by atoms with van der Waals surface area (Å²) < 4.78 is 10.6. The molecular weight excluding hydrogens is 366 g/mol. The van der Waals surface area contributed by atoms with Gasteiger partial charge in [0.1, 0.15) is 11.5 Å². The number of benzene rings is 1. The molecule has 3 rings (SSSR count). The quantitative estimate of drug-likeness (QED) is 0.728. The lowest BCUT2D eigenvalue weighted by Gasteiger charge is -2.09. The molecule has 9 heteroatoms. The first-order valence-corrected chi connectivity index (χ1v) is 8.39. The van der Waals surface area contributed by atoms with Gasteiger partial charge in [0.25, 0.3) is 0 Å². The molecule has 1 aliphatic rings.